The van der Waals surface area contributed by atoms with Gasteiger partial charge in [0.1, 0.15) is 11.5 Å². The summed E-state index contributed by atoms with van der Waals surface area (Å²) in [6.45, 7) is 2.32. The van der Waals surface area contributed by atoms with Crippen LogP contribution in [0.4, 0.5) is 5.69 Å². The molecular formula is C24H25N3O6S. The third-order valence-corrected chi connectivity index (χ3v) is 6.06. The van der Waals surface area contributed by atoms with Gasteiger partial charge in [-0.1, -0.05) is 12.1 Å². The van der Waals surface area contributed by atoms with Gasteiger partial charge in [-0.25, -0.2) is 8.42 Å². The van der Waals surface area contributed by atoms with Gasteiger partial charge in [0.2, 0.25) is 5.91 Å². The van der Waals surface area contributed by atoms with Crippen LogP contribution in [0.3, 0.4) is 0 Å². The fraction of sp³-hybridized carbons (Fsp3) is 0.167. The highest BCUT2D eigenvalue weighted by Gasteiger charge is 2.15. The van der Waals surface area contributed by atoms with Gasteiger partial charge in [-0.15, -0.1) is 0 Å². The number of anilines is 1. The van der Waals surface area contributed by atoms with Crippen molar-refractivity contribution >= 4 is 27.5 Å². The van der Waals surface area contributed by atoms with Gasteiger partial charge in [-0.2, -0.15) is 0 Å². The molecule has 0 radical (unpaired) electrons. The van der Waals surface area contributed by atoms with E-state index in [1.807, 2.05) is 6.92 Å². The molecule has 2 amide bonds. The van der Waals surface area contributed by atoms with Crippen LogP contribution >= 0.6 is 0 Å². The second kappa shape index (κ2) is 11.2. The van der Waals surface area contributed by atoms with Gasteiger partial charge >= 0.3 is 0 Å². The van der Waals surface area contributed by atoms with Crippen molar-refractivity contribution in [1.29, 1.82) is 0 Å². The number of benzene rings is 3. The molecular weight excluding hydrogens is 458 g/mol. The second-order valence-electron chi connectivity index (χ2n) is 7.12. The van der Waals surface area contributed by atoms with E-state index in [1.165, 1.54) is 43.5 Å². The zero-order valence-corrected chi connectivity index (χ0v) is 19.5. The van der Waals surface area contributed by atoms with Crippen molar-refractivity contribution in [3.8, 4) is 11.5 Å². The molecule has 10 heteroatoms. The summed E-state index contributed by atoms with van der Waals surface area (Å²) in [7, 11) is -2.27. The highest BCUT2D eigenvalue weighted by Crippen LogP contribution is 2.20. The van der Waals surface area contributed by atoms with E-state index in [4.69, 9.17) is 9.47 Å². The first kappa shape index (κ1) is 24.6. The Bertz CT molecular complexity index is 1240. The van der Waals surface area contributed by atoms with Crippen molar-refractivity contribution < 1.29 is 27.5 Å². The van der Waals surface area contributed by atoms with Gasteiger partial charge in [-0.3, -0.25) is 25.2 Å². The Morgan fingerprint density at radius 1 is 0.882 bits per heavy atom. The summed E-state index contributed by atoms with van der Waals surface area (Å²) >= 11 is 0. The monoisotopic (exact) mass is 483 g/mol. The molecule has 3 rings (SSSR count). The van der Waals surface area contributed by atoms with E-state index in [0.717, 1.165) is 5.56 Å². The van der Waals surface area contributed by atoms with Gasteiger partial charge in [0, 0.05) is 11.3 Å². The van der Waals surface area contributed by atoms with Crippen molar-refractivity contribution in [2.75, 3.05) is 18.4 Å². The number of methoxy groups -OCH3 is 1. The maximum absolute atomic E-state index is 12.6. The van der Waals surface area contributed by atoms with Crippen LogP contribution in [0.25, 0.3) is 0 Å². The Morgan fingerprint density at radius 2 is 1.59 bits per heavy atom. The Hall–Kier alpha value is -4.05. The van der Waals surface area contributed by atoms with Gasteiger partial charge in [0.05, 0.1) is 25.0 Å². The number of hydrazine groups is 1. The summed E-state index contributed by atoms with van der Waals surface area (Å²) in [6, 6.07) is 18.9. The lowest BCUT2D eigenvalue weighted by Gasteiger charge is -2.11. The lowest BCUT2D eigenvalue weighted by molar-refractivity contribution is -0.121. The van der Waals surface area contributed by atoms with Crippen LogP contribution < -0.4 is 25.0 Å². The number of ether oxygens (including phenoxy) is 2. The van der Waals surface area contributed by atoms with Gasteiger partial charge in [0.25, 0.3) is 15.9 Å². The van der Waals surface area contributed by atoms with Crippen LogP contribution in [0.2, 0.25) is 0 Å². The molecule has 3 aromatic rings. The van der Waals surface area contributed by atoms with Crippen LogP contribution in [-0.4, -0.2) is 33.9 Å². The van der Waals surface area contributed by atoms with Crippen LogP contribution in [0.15, 0.2) is 77.7 Å². The van der Waals surface area contributed by atoms with Gasteiger partial charge in [0.15, 0.2) is 0 Å². The molecule has 0 bridgehead atoms. The van der Waals surface area contributed by atoms with Crippen molar-refractivity contribution in [3.05, 3.63) is 83.9 Å². The van der Waals surface area contributed by atoms with Crippen LogP contribution in [-0.2, 0) is 21.2 Å². The van der Waals surface area contributed by atoms with Crippen molar-refractivity contribution in [3.63, 3.8) is 0 Å². The zero-order valence-electron chi connectivity index (χ0n) is 18.7. The number of hydrogen-bond donors (Lipinski definition) is 3. The highest BCUT2D eigenvalue weighted by molar-refractivity contribution is 7.92. The molecule has 0 spiro atoms. The first-order valence-corrected chi connectivity index (χ1v) is 11.9. The number of sulfonamides is 1. The minimum Gasteiger partial charge on any atom is -0.497 e. The van der Waals surface area contributed by atoms with Crippen LogP contribution in [0.1, 0.15) is 22.8 Å². The predicted molar refractivity (Wildman–Crippen MR) is 127 cm³/mol. The lowest BCUT2D eigenvalue weighted by Crippen LogP contribution is -2.42. The van der Waals surface area contributed by atoms with Crippen LogP contribution in [0.5, 0.6) is 11.5 Å². The number of carbonyl (C=O) groups is 2. The number of amides is 2. The largest absolute Gasteiger partial charge is 0.497 e. The molecule has 0 saturated carbocycles. The van der Waals surface area contributed by atoms with E-state index in [1.54, 1.807) is 36.4 Å². The van der Waals surface area contributed by atoms with E-state index in [-0.39, 0.29) is 22.6 Å². The topological polar surface area (TPSA) is 123 Å². The summed E-state index contributed by atoms with van der Waals surface area (Å²) in [5.74, 6) is 0.265. The number of hydrogen-bond acceptors (Lipinski definition) is 6. The summed E-state index contributed by atoms with van der Waals surface area (Å²) in [5.41, 5.74) is 5.95. The summed E-state index contributed by atoms with van der Waals surface area (Å²) in [6.07, 6.45) is 0.0593. The number of carbonyl (C=O) groups excluding carboxylic acids is 2. The molecule has 0 saturated heterocycles. The molecule has 3 aromatic carbocycles. The van der Waals surface area contributed by atoms with E-state index in [9.17, 15) is 18.0 Å². The molecule has 0 aliphatic carbocycles. The maximum atomic E-state index is 12.6. The molecule has 0 aromatic heterocycles. The number of rotatable bonds is 9. The summed E-state index contributed by atoms with van der Waals surface area (Å²) < 4.78 is 38.0. The third kappa shape index (κ3) is 6.72. The Balaban J connectivity index is 1.54. The predicted octanol–water partition coefficient (Wildman–Crippen LogP) is 2.90. The lowest BCUT2D eigenvalue weighted by atomic mass is 10.1. The Morgan fingerprint density at radius 3 is 2.24 bits per heavy atom. The van der Waals surface area contributed by atoms with Crippen molar-refractivity contribution in [1.82, 2.24) is 10.9 Å². The highest BCUT2D eigenvalue weighted by atomic mass is 32.2. The van der Waals surface area contributed by atoms with Gasteiger partial charge in [-0.05, 0) is 73.2 Å². The molecule has 0 fully saturated rings. The van der Waals surface area contributed by atoms with Crippen molar-refractivity contribution in [2.45, 2.75) is 18.2 Å². The van der Waals surface area contributed by atoms with E-state index in [0.29, 0.717) is 18.1 Å². The van der Waals surface area contributed by atoms with E-state index in [2.05, 4.69) is 15.6 Å². The fourth-order valence-electron chi connectivity index (χ4n) is 3.00. The molecule has 0 atom stereocenters. The third-order valence-electron chi connectivity index (χ3n) is 4.66. The molecule has 0 aliphatic heterocycles. The summed E-state index contributed by atoms with van der Waals surface area (Å²) in [5, 5.41) is 0. The van der Waals surface area contributed by atoms with Crippen molar-refractivity contribution in [2.24, 2.45) is 0 Å². The maximum Gasteiger partial charge on any atom is 0.269 e. The normalized spacial score (nSPS) is 10.8. The second-order valence-corrected chi connectivity index (χ2v) is 8.80. The smallest absolute Gasteiger partial charge is 0.269 e. The average molecular weight is 484 g/mol. The van der Waals surface area contributed by atoms with Crippen LogP contribution in [0, 0.1) is 0 Å². The van der Waals surface area contributed by atoms with E-state index < -0.39 is 21.8 Å². The molecule has 34 heavy (non-hydrogen) atoms. The SMILES string of the molecule is CCOc1ccc(S(=O)(=O)Nc2ccc(C(=O)NNC(=O)Cc3cccc(OC)c3)cc2)cc1. The standard InChI is InChI=1S/C24H25N3O6S/c1-3-33-20-11-13-22(14-12-20)34(30,31)27-19-9-7-18(8-10-19)24(29)26-25-23(28)16-17-5-4-6-21(15-17)32-2/h4-15,27H,3,16H2,1-2H3,(H,25,28)(H,26,29). The fourth-order valence-corrected chi connectivity index (χ4v) is 4.05. The van der Waals surface area contributed by atoms with E-state index >= 15 is 0 Å². The molecule has 0 unspecified atom stereocenters. The molecule has 0 heterocycles. The molecule has 3 N–H and O–H groups in total. The minimum absolute atomic E-state index is 0.0593. The summed E-state index contributed by atoms with van der Waals surface area (Å²) in [4.78, 5) is 24.5. The Kier molecular flexibility index (Phi) is 8.10. The molecule has 0 aliphatic rings. The first-order chi connectivity index (χ1) is 16.3. The molecule has 178 valence electrons. The first-order valence-electron chi connectivity index (χ1n) is 10.4. The zero-order chi connectivity index (χ0) is 24.6. The quantitative estimate of drug-likeness (QED) is 0.402. The minimum atomic E-state index is -3.81. The molecule has 9 nitrogen and oxygen atoms in total. The number of nitrogens with one attached hydrogen (secondary N) is 3. The Labute approximate surface area is 198 Å². The average Bonchev–Trinajstić information content (AvgIpc) is 2.83. The van der Waals surface area contributed by atoms with Gasteiger partial charge < -0.3 is 9.47 Å².